The first-order valence-electron chi connectivity index (χ1n) is 7.20. The zero-order valence-electron chi connectivity index (χ0n) is 12.0. The number of hydrogen-bond donors (Lipinski definition) is 1. The third-order valence-corrected chi connectivity index (χ3v) is 4.68. The van der Waals surface area contributed by atoms with E-state index in [1.54, 1.807) is 0 Å². The minimum atomic E-state index is 0.347. The van der Waals surface area contributed by atoms with E-state index in [0.29, 0.717) is 17.1 Å². The maximum absolute atomic E-state index is 6.23. The molecular weight excluding hydrogens is 320 g/mol. The van der Waals surface area contributed by atoms with Crippen LogP contribution >= 0.6 is 23.1 Å². The monoisotopic (exact) mass is 334 g/mol. The molecular formula is C15H15ClN4OS. The number of nitrogens with one attached hydrogen (secondary N) is 1. The molecule has 3 aromatic rings. The van der Waals surface area contributed by atoms with Gasteiger partial charge in [0.25, 0.3) is 6.01 Å². The number of halogens is 1. The Morgan fingerprint density at radius 1 is 1.45 bits per heavy atom. The number of benzene rings is 1. The van der Waals surface area contributed by atoms with E-state index in [0.717, 1.165) is 42.0 Å². The molecule has 1 atom stereocenters. The Bertz CT molecular complexity index is 801. The summed E-state index contributed by atoms with van der Waals surface area (Å²) in [5.74, 6) is 0. The van der Waals surface area contributed by atoms with Crippen molar-refractivity contribution < 1.29 is 4.42 Å². The molecule has 1 aromatic carbocycles. The van der Waals surface area contributed by atoms with Gasteiger partial charge >= 0.3 is 0 Å². The zero-order chi connectivity index (χ0) is 15.1. The van der Waals surface area contributed by atoms with E-state index in [-0.39, 0.29) is 0 Å². The summed E-state index contributed by atoms with van der Waals surface area (Å²) < 4.78 is 10.5. The molecule has 1 aliphatic heterocycles. The summed E-state index contributed by atoms with van der Waals surface area (Å²) in [5.41, 5.74) is 3.28. The van der Waals surface area contributed by atoms with Gasteiger partial charge < -0.3 is 14.6 Å². The smallest absolute Gasteiger partial charge is 0.298 e. The lowest BCUT2D eigenvalue weighted by molar-refractivity contribution is 0.456. The summed E-state index contributed by atoms with van der Waals surface area (Å²) in [6.07, 6.45) is 0. The standard InChI is InChI=1S/C15H15ClN4OS/c1-9-8-17-3-4-20(9)15-18-13-7-10(16)6-11(14(13)21-15)12-2-5-22-19-12/h2,5-7,9,17H,3-4,8H2,1H3/t9-/m0/s1. The van der Waals surface area contributed by atoms with Crippen LogP contribution in [0.4, 0.5) is 6.01 Å². The van der Waals surface area contributed by atoms with Crippen molar-refractivity contribution in [1.82, 2.24) is 14.7 Å². The van der Waals surface area contributed by atoms with Crippen molar-refractivity contribution in [2.24, 2.45) is 0 Å². The van der Waals surface area contributed by atoms with Crippen molar-refractivity contribution >= 4 is 40.2 Å². The fourth-order valence-electron chi connectivity index (χ4n) is 2.78. The lowest BCUT2D eigenvalue weighted by Crippen LogP contribution is -2.50. The molecule has 0 amide bonds. The van der Waals surface area contributed by atoms with Gasteiger partial charge in [-0.25, -0.2) is 0 Å². The van der Waals surface area contributed by atoms with Gasteiger partial charge in [0.15, 0.2) is 5.58 Å². The molecule has 0 radical (unpaired) electrons. The van der Waals surface area contributed by atoms with Crippen LogP contribution in [-0.2, 0) is 0 Å². The SMILES string of the molecule is C[C@H]1CNCCN1c1nc2cc(Cl)cc(-c3ccsn3)c2o1. The fourth-order valence-corrected chi connectivity index (χ4v) is 3.51. The number of fused-ring (bicyclic) bond motifs is 1. The van der Waals surface area contributed by atoms with Crippen LogP contribution in [-0.4, -0.2) is 35.0 Å². The molecule has 5 nitrogen and oxygen atoms in total. The molecule has 22 heavy (non-hydrogen) atoms. The molecule has 3 heterocycles. The Morgan fingerprint density at radius 2 is 2.36 bits per heavy atom. The maximum atomic E-state index is 6.23. The van der Waals surface area contributed by atoms with Gasteiger partial charge in [0, 0.05) is 41.6 Å². The predicted molar refractivity (Wildman–Crippen MR) is 89.8 cm³/mol. The molecule has 114 valence electrons. The van der Waals surface area contributed by atoms with Crippen molar-refractivity contribution in [2.45, 2.75) is 13.0 Å². The molecule has 0 saturated carbocycles. The van der Waals surface area contributed by atoms with Crippen molar-refractivity contribution in [1.29, 1.82) is 0 Å². The second-order valence-electron chi connectivity index (χ2n) is 5.43. The number of hydrogen-bond acceptors (Lipinski definition) is 6. The second-order valence-corrected chi connectivity index (χ2v) is 6.53. The average Bonchev–Trinajstić information content (AvgIpc) is 3.15. The van der Waals surface area contributed by atoms with Crippen LogP contribution in [0.15, 0.2) is 28.0 Å². The van der Waals surface area contributed by atoms with Gasteiger partial charge in [-0.1, -0.05) is 11.6 Å². The predicted octanol–water partition coefficient (Wildman–Crippen LogP) is 3.40. The van der Waals surface area contributed by atoms with Crippen molar-refractivity contribution in [3.8, 4) is 11.3 Å². The van der Waals surface area contributed by atoms with Gasteiger partial charge in [-0.05, 0) is 36.7 Å². The van der Waals surface area contributed by atoms with E-state index >= 15 is 0 Å². The second kappa shape index (κ2) is 5.53. The fraction of sp³-hybridized carbons (Fsp3) is 0.333. The summed E-state index contributed by atoms with van der Waals surface area (Å²) in [7, 11) is 0. The number of aromatic nitrogens is 2. The van der Waals surface area contributed by atoms with Gasteiger partial charge in [-0.3, -0.25) is 0 Å². The molecule has 1 N–H and O–H groups in total. The maximum Gasteiger partial charge on any atom is 0.298 e. The number of piperazine rings is 1. The first-order chi connectivity index (χ1) is 10.7. The topological polar surface area (TPSA) is 54.2 Å². The molecule has 0 bridgehead atoms. The molecule has 0 spiro atoms. The van der Waals surface area contributed by atoms with Crippen molar-refractivity contribution in [3.63, 3.8) is 0 Å². The third kappa shape index (κ3) is 2.37. The molecule has 0 aliphatic carbocycles. The lowest BCUT2D eigenvalue weighted by Gasteiger charge is -2.32. The minimum absolute atomic E-state index is 0.347. The van der Waals surface area contributed by atoms with Crippen LogP contribution < -0.4 is 10.2 Å². The van der Waals surface area contributed by atoms with Crippen LogP contribution in [0.5, 0.6) is 0 Å². The summed E-state index contributed by atoms with van der Waals surface area (Å²) in [6, 6.07) is 6.69. The molecule has 1 aliphatic rings. The zero-order valence-corrected chi connectivity index (χ0v) is 13.6. The van der Waals surface area contributed by atoms with E-state index in [1.807, 2.05) is 23.6 Å². The number of oxazole rings is 1. The normalized spacial score (nSPS) is 19.0. The quantitative estimate of drug-likeness (QED) is 0.778. The highest BCUT2D eigenvalue weighted by atomic mass is 35.5. The Balaban J connectivity index is 1.85. The third-order valence-electron chi connectivity index (χ3n) is 3.90. The van der Waals surface area contributed by atoms with Gasteiger partial charge in [0.05, 0.1) is 5.69 Å². The molecule has 2 aromatic heterocycles. The Morgan fingerprint density at radius 3 is 3.14 bits per heavy atom. The summed E-state index contributed by atoms with van der Waals surface area (Å²) in [5, 5.41) is 5.95. The van der Waals surface area contributed by atoms with Crippen LogP contribution in [0.25, 0.3) is 22.4 Å². The van der Waals surface area contributed by atoms with E-state index < -0.39 is 0 Å². The van der Waals surface area contributed by atoms with Crippen LogP contribution in [0.1, 0.15) is 6.92 Å². The van der Waals surface area contributed by atoms with E-state index in [4.69, 9.17) is 16.0 Å². The molecule has 7 heteroatoms. The average molecular weight is 335 g/mol. The molecule has 1 fully saturated rings. The van der Waals surface area contributed by atoms with Crippen LogP contribution in [0.3, 0.4) is 0 Å². The Labute approximate surface area is 137 Å². The van der Waals surface area contributed by atoms with Crippen molar-refractivity contribution in [2.75, 3.05) is 24.5 Å². The number of nitrogens with zero attached hydrogens (tertiary/aromatic N) is 3. The van der Waals surface area contributed by atoms with E-state index in [2.05, 4.69) is 26.5 Å². The summed E-state index contributed by atoms with van der Waals surface area (Å²) >= 11 is 7.65. The Kier molecular flexibility index (Phi) is 3.52. The number of rotatable bonds is 2. The highest BCUT2D eigenvalue weighted by Crippen LogP contribution is 2.34. The minimum Gasteiger partial charge on any atom is -0.423 e. The largest absolute Gasteiger partial charge is 0.423 e. The van der Waals surface area contributed by atoms with Crippen molar-refractivity contribution in [3.05, 3.63) is 28.6 Å². The summed E-state index contributed by atoms with van der Waals surface area (Å²) in [4.78, 5) is 6.83. The van der Waals surface area contributed by atoms with Gasteiger partial charge in [-0.2, -0.15) is 9.36 Å². The lowest BCUT2D eigenvalue weighted by atomic mass is 10.1. The van der Waals surface area contributed by atoms with Gasteiger partial charge in [0.1, 0.15) is 5.52 Å². The van der Waals surface area contributed by atoms with Gasteiger partial charge in [-0.15, -0.1) is 0 Å². The molecule has 1 saturated heterocycles. The Hall–Kier alpha value is -1.63. The summed E-state index contributed by atoms with van der Waals surface area (Å²) in [6.45, 7) is 4.91. The highest BCUT2D eigenvalue weighted by Gasteiger charge is 2.24. The first-order valence-corrected chi connectivity index (χ1v) is 8.42. The number of anilines is 1. The first kappa shape index (κ1) is 14.0. The van der Waals surface area contributed by atoms with E-state index in [1.165, 1.54) is 11.5 Å². The van der Waals surface area contributed by atoms with Crippen LogP contribution in [0.2, 0.25) is 5.02 Å². The molecule has 4 rings (SSSR count). The van der Waals surface area contributed by atoms with E-state index in [9.17, 15) is 0 Å². The van der Waals surface area contributed by atoms with Gasteiger partial charge in [0.2, 0.25) is 0 Å². The van der Waals surface area contributed by atoms with Crippen LogP contribution in [0, 0.1) is 0 Å². The molecule has 0 unspecified atom stereocenters. The highest BCUT2D eigenvalue weighted by molar-refractivity contribution is 7.03.